The fourth-order valence-corrected chi connectivity index (χ4v) is 4.68. The molecule has 0 aromatic rings. The maximum Gasteiger partial charge on any atom is 0.0713 e. The lowest BCUT2D eigenvalue weighted by Gasteiger charge is -2.43. The molecule has 20 heavy (non-hydrogen) atoms. The van der Waals surface area contributed by atoms with Crippen molar-refractivity contribution in [2.24, 2.45) is 0 Å². The van der Waals surface area contributed by atoms with Crippen molar-refractivity contribution < 1.29 is 4.74 Å². The Labute approximate surface area is 129 Å². The van der Waals surface area contributed by atoms with Gasteiger partial charge >= 0.3 is 0 Å². The van der Waals surface area contributed by atoms with Crippen LogP contribution in [0, 0.1) is 0 Å². The maximum atomic E-state index is 6.15. The zero-order chi connectivity index (χ0) is 14.3. The summed E-state index contributed by atoms with van der Waals surface area (Å²) in [6, 6.07) is 0.684. The second-order valence-electron chi connectivity index (χ2n) is 6.17. The Morgan fingerprint density at radius 1 is 1.25 bits per heavy atom. The number of nitrogens with one attached hydrogen (secondary N) is 1. The summed E-state index contributed by atoms with van der Waals surface area (Å²) in [5, 5.41) is 3.78. The molecule has 1 unspecified atom stereocenters. The highest BCUT2D eigenvalue weighted by molar-refractivity contribution is 7.99. The van der Waals surface area contributed by atoms with Crippen LogP contribution >= 0.6 is 11.8 Å². The molecule has 2 fully saturated rings. The molecule has 0 aliphatic carbocycles. The highest BCUT2D eigenvalue weighted by Crippen LogP contribution is 2.37. The smallest absolute Gasteiger partial charge is 0.0713 e. The van der Waals surface area contributed by atoms with Crippen molar-refractivity contribution >= 4 is 11.8 Å². The van der Waals surface area contributed by atoms with Crippen LogP contribution < -0.4 is 5.32 Å². The van der Waals surface area contributed by atoms with E-state index in [-0.39, 0.29) is 5.60 Å². The van der Waals surface area contributed by atoms with Gasteiger partial charge in [0.15, 0.2) is 0 Å². The second kappa shape index (κ2) is 8.62. The monoisotopic (exact) mass is 300 g/mol. The molecule has 118 valence electrons. The molecular weight excluding hydrogens is 268 g/mol. The van der Waals surface area contributed by atoms with Gasteiger partial charge in [-0.1, -0.05) is 13.8 Å². The first-order valence-electron chi connectivity index (χ1n) is 8.45. The maximum absolute atomic E-state index is 6.15. The standard InChI is InChI=1S/C16H32N2OS/c1-3-18(4-2)10-5-9-17-15-6-11-19-16(14-15)7-12-20-13-8-16/h15,17H,3-14H2,1-2H3. The lowest BCUT2D eigenvalue weighted by molar-refractivity contribution is -0.0931. The molecule has 0 radical (unpaired) electrons. The summed E-state index contributed by atoms with van der Waals surface area (Å²) in [7, 11) is 0. The van der Waals surface area contributed by atoms with Crippen LogP contribution in [0.5, 0.6) is 0 Å². The van der Waals surface area contributed by atoms with Crippen LogP contribution in [0.15, 0.2) is 0 Å². The minimum atomic E-state index is 0.222. The molecule has 0 amide bonds. The van der Waals surface area contributed by atoms with Crippen molar-refractivity contribution in [3.05, 3.63) is 0 Å². The zero-order valence-electron chi connectivity index (χ0n) is 13.3. The van der Waals surface area contributed by atoms with E-state index in [0.29, 0.717) is 6.04 Å². The Hall–Kier alpha value is 0.230. The fraction of sp³-hybridized carbons (Fsp3) is 1.00. The van der Waals surface area contributed by atoms with Gasteiger partial charge in [0.2, 0.25) is 0 Å². The van der Waals surface area contributed by atoms with Gasteiger partial charge in [0.25, 0.3) is 0 Å². The minimum absolute atomic E-state index is 0.222. The third-order valence-electron chi connectivity index (χ3n) is 4.88. The first-order valence-corrected chi connectivity index (χ1v) is 9.61. The van der Waals surface area contributed by atoms with E-state index < -0.39 is 0 Å². The first-order chi connectivity index (χ1) is 9.78. The summed E-state index contributed by atoms with van der Waals surface area (Å²) in [4.78, 5) is 2.51. The summed E-state index contributed by atoms with van der Waals surface area (Å²) < 4.78 is 6.15. The van der Waals surface area contributed by atoms with Gasteiger partial charge in [-0.05, 0) is 69.8 Å². The van der Waals surface area contributed by atoms with Gasteiger partial charge < -0.3 is 15.0 Å². The van der Waals surface area contributed by atoms with E-state index in [4.69, 9.17) is 4.74 Å². The average Bonchev–Trinajstić information content (AvgIpc) is 2.48. The van der Waals surface area contributed by atoms with Crippen LogP contribution in [0.4, 0.5) is 0 Å². The van der Waals surface area contributed by atoms with E-state index in [9.17, 15) is 0 Å². The predicted octanol–water partition coefficient (Wildman–Crippen LogP) is 2.75. The molecular formula is C16H32N2OS. The van der Waals surface area contributed by atoms with Crippen LogP contribution in [0.3, 0.4) is 0 Å². The van der Waals surface area contributed by atoms with Gasteiger partial charge in [0.05, 0.1) is 5.60 Å². The lowest BCUT2D eigenvalue weighted by Crippen LogP contribution is -2.49. The van der Waals surface area contributed by atoms with E-state index in [1.807, 2.05) is 0 Å². The number of nitrogens with zero attached hydrogens (tertiary/aromatic N) is 1. The Kier molecular flexibility index (Phi) is 7.15. The van der Waals surface area contributed by atoms with Gasteiger partial charge in [-0.3, -0.25) is 0 Å². The second-order valence-corrected chi connectivity index (χ2v) is 7.39. The summed E-state index contributed by atoms with van der Waals surface area (Å²) in [5.41, 5.74) is 0.222. The summed E-state index contributed by atoms with van der Waals surface area (Å²) in [6.45, 7) is 10.2. The molecule has 2 heterocycles. The molecule has 0 bridgehead atoms. The Bertz CT molecular complexity index is 260. The molecule has 3 nitrogen and oxygen atoms in total. The predicted molar refractivity (Wildman–Crippen MR) is 88.7 cm³/mol. The number of rotatable bonds is 7. The Balaban J connectivity index is 1.65. The third kappa shape index (κ3) is 4.90. The van der Waals surface area contributed by atoms with E-state index in [1.54, 1.807) is 0 Å². The van der Waals surface area contributed by atoms with Crippen molar-refractivity contribution in [1.29, 1.82) is 0 Å². The molecule has 2 saturated heterocycles. The molecule has 2 aliphatic rings. The quantitative estimate of drug-likeness (QED) is 0.731. The van der Waals surface area contributed by atoms with Crippen molar-refractivity contribution in [3.63, 3.8) is 0 Å². The van der Waals surface area contributed by atoms with Crippen LogP contribution in [-0.4, -0.2) is 60.8 Å². The van der Waals surface area contributed by atoms with Crippen molar-refractivity contribution in [2.75, 3.05) is 44.3 Å². The molecule has 4 heteroatoms. The zero-order valence-corrected chi connectivity index (χ0v) is 14.1. The van der Waals surface area contributed by atoms with Crippen LogP contribution in [0.1, 0.15) is 46.0 Å². The van der Waals surface area contributed by atoms with Crippen molar-refractivity contribution in [1.82, 2.24) is 10.2 Å². The van der Waals surface area contributed by atoms with E-state index in [0.717, 1.165) is 13.2 Å². The normalized spacial score (nSPS) is 26.2. The molecule has 1 N–H and O–H groups in total. The average molecular weight is 301 g/mol. The molecule has 2 aliphatic heterocycles. The molecule has 0 aromatic carbocycles. The van der Waals surface area contributed by atoms with Crippen LogP contribution in [-0.2, 0) is 4.74 Å². The topological polar surface area (TPSA) is 24.5 Å². The van der Waals surface area contributed by atoms with Gasteiger partial charge in [-0.15, -0.1) is 0 Å². The first kappa shape index (κ1) is 16.6. The van der Waals surface area contributed by atoms with Crippen LogP contribution in [0.25, 0.3) is 0 Å². The van der Waals surface area contributed by atoms with E-state index >= 15 is 0 Å². The molecule has 1 spiro atoms. The number of thioether (sulfide) groups is 1. The third-order valence-corrected chi connectivity index (χ3v) is 5.86. The Morgan fingerprint density at radius 2 is 2.00 bits per heavy atom. The van der Waals surface area contributed by atoms with Gasteiger partial charge in [0, 0.05) is 12.6 Å². The van der Waals surface area contributed by atoms with Gasteiger partial charge in [-0.2, -0.15) is 11.8 Å². The van der Waals surface area contributed by atoms with Crippen molar-refractivity contribution in [2.45, 2.75) is 57.6 Å². The van der Waals surface area contributed by atoms with Crippen LogP contribution in [0.2, 0.25) is 0 Å². The summed E-state index contributed by atoms with van der Waals surface area (Å²) in [5.74, 6) is 2.57. The molecule has 0 saturated carbocycles. The van der Waals surface area contributed by atoms with Gasteiger partial charge in [-0.25, -0.2) is 0 Å². The molecule has 1 atom stereocenters. The highest BCUT2D eigenvalue weighted by Gasteiger charge is 2.38. The number of hydrogen-bond acceptors (Lipinski definition) is 4. The molecule has 0 aromatic heterocycles. The van der Waals surface area contributed by atoms with Gasteiger partial charge in [0.1, 0.15) is 0 Å². The number of hydrogen-bond donors (Lipinski definition) is 1. The fourth-order valence-electron chi connectivity index (χ4n) is 3.44. The number of ether oxygens (including phenoxy) is 1. The molecule has 2 rings (SSSR count). The van der Waals surface area contributed by atoms with Crippen molar-refractivity contribution in [3.8, 4) is 0 Å². The van der Waals surface area contributed by atoms with E-state index in [2.05, 4.69) is 35.8 Å². The minimum Gasteiger partial charge on any atom is -0.375 e. The SMILES string of the molecule is CCN(CC)CCCNC1CCOC2(CCSCC2)C1. The Morgan fingerprint density at radius 3 is 2.70 bits per heavy atom. The summed E-state index contributed by atoms with van der Waals surface area (Å²) in [6.07, 6.45) is 6.21. The lowest BCUT2D eigenvalue weighted by atomic mass is 9.85. The largest absolute Gasteiger partial charge is 0.375 e. The highest BCUT2D eigenvalue weighted by atomic mass is 32.2. The summed E-state index contributed by atoms with van der Waals surface area (Å²) >= 11 is 2.09. The van der Waals surface area contributed by atoms with E-state index in [1.165, 1.54) is 63.2 Å².